The van der Waals surface area contributed by atoms with Gasteiger partial charge in [-0.05, 0) is 33.0 Å². The first-order valence-electron chi connectivity index (χ1n) is 8.63. The van der Waals surface area contributed by atoms with Gasteiger partial charge in [-0.1, -0.05) is 66.7 Å². The molecule has 0 aliphatic heterocycles. The fourth-order valence-corrected chi connectivity index (χ4v) is 4.44. The van der Waals surface area contributed by atoms with Crippen LogP contribution in [0.2, 0.25) is 0 Å². The zero-order valence-electron chi connectivity index (χ0n) is 13.7. The average molecular weight is 332 g/mol. The van der Waals surface area contributed by atoms with Gasteiger partial charge in [-0.15, -0.1) is 0 Å². The standard InChI is InChI=1S/C24H12O2/c25-23-17-8-4-3-7-15(17)16-11-12-18-20-14-6-2-1-5-13(14)9-10-19(20)24(26)22(18)21(16)23/h1-12H. The fourth-order valence-electron chi connectivity index (χ4n) is 4.44. The van der Waals surface area contributed by atoms with Crippen LogP contribution in [0.15, 0.2) is 82.4 Å². The third-order valence-electron chi connectivity index (χ3n) is 5.56. The lowest BCUT2D eigenvalue weighted by molar-refractivity contribution is 1.79. The monoisotopic (exact) mass is 332 g/mol. The molecule has 0 radical (unpaired) electrons. The van der Waals surface area contributed by atoms with Crippen molar-refractivity contribution in [3.8, 4) is 0 Å². The first-order valence-corrected chi connectivity index (χ1v) is 8.63. The molecule has 120 valence electrons. The van der Waals surface area contributed by atoms with Crippen LogP contribution >= 0.6 is 0 Å². The molecule has 0 aromatic heterocycles. The quantitative estimate of drug-likeness (QED) is 0.390. The molecule has 0 saturated carbocycles. The Hall–Kier alpha value is -3.52. The van der Waals surface area contributed by atoms with E-state index in [1.807, 2.05) is 72.8 Å². The van der Waals surface area contributed by atoms with Gasteiger partial charge in [-0.25, -0.2) is 0 Å². The van der Waals surface area contributed by atoms with E-state index < -0.39 is 0 Å². The van der Waals surface area contributed by atoms with Gasteiger partial charge in [-0.2, -0.15) is 0 Å². The molecular weight excluding hydrogens is 320 g/mol. The lowest BCUT2D eigenvalue weighted by Crippen LogP contribution is -2.00. The van der Waals surface area contributed by atoms with Gasteiger partial charge in [0.25, 0.3) is 0 Å². The number of rotatable bonds is 0. The first-order chi connectivity index (χ1) is 12.8. The van der Waals surface area contributed by atoms with E-state index in [0.717, 1.165) is 32.3 Å². The predicted molar refractivity (Wildman–Crippen MR) is 109 cm³/mol. The molecule has 0 aliphatic carbocycles. The fraction of sp³-hybridized carbons (Fsp3) is 0. The maximum atomic E-state index is 13.2. The van der Waals surface area contributed by atoms with Crippen molar-refractivity contribution >= 4 is 53.9 Å². The molecule has 0 amide bonds. The van der Waals surface area contributed by atoms with Gasteiger partial charge >= 0.3 is 0 Å². The molecule has 6 aromatic carbocycles. The van der Waals surface area contributed by atoms with Crippen LogP contribution in [0.1, 0.15) is 0 Å². The summed E-state index contributed by atoms with van der Waals surface area (Å²) in [5, 5.41) is 8.28. The number of hydrogen-bond acceptors (Lipinski definition) is 2. The molecule has 0 heterocycles. The van der Waals surface area contributed by atoms with Crippen LogP contribution < -0.4 is 10.9 Å². The Bertz CT molecular complexity index is 1610. The third kappa shape index (κ3) is 1.48. The van der Waals surface area contributed by atoms with E-state index in [4.69, 9.17) is 0 Å². The van der Waals surface area contributed by atoms with E-state index in [1.165, 1.54) is 0 Å². The van der Waals surface area contributed by atoms with Crippen LogP contribution in [0.5, 0.6) is 0 Å². The van der Waals surface area contributed by atoms with Crippen molar-refractivity contribution in [2.24, 2.45) is 0 Å². The summed E-state index contributed by atoms with van der Waals surface area (Å²) in [6.07, 6.45) is 0. The Morgan fingerprint density at radius 3 is 1.81 bits per heavy atom. The van der Waals surface area contributed by atoms with Gasteiger partial charge in [0.1, 0.15) is 0 Å². The van der Waals surface area contributed by atoms with Gasteiger partial charge in [0.05, 0.1) is 0 Å². The summed E-state index contributed by atoms with van der Waals surface area (Å²) in [4.78, 5) is 26.3. The molecule has 0 fully saturated rings. The van der Waals surface area contributed by atoms with Gasteiger partial charge in [0.2, 0.25) is 0 Å². The molecule has 0 atom stereocenters. The van der Waals surface area contributed by atoms with Crippen LogP contribution in [-0.4, -0.2) is 0 Å². The van der Waals surface area contributed by atoms with Gasteiger partial charge < -0.3 is 0 Å². The molecule has 0 unspecified atom stereocenters. The highest BCUT2D eigenvalue weighted by Crippen LogP contribution is 2.36. The van der Waals surface area contributed by atoms with Crippen molar-refractivity contribution in [3.63, 3.8) is 0 Å². The lowest BCUT2D eigenvalue weighted by atomic mass is 10.0. The average Bonchev–Trinajstić information content (AvgIpc) is 3.15. The molecule has 0 bridgehead atoms. The minimum absolute atomic E-state index is 0.0428. The van der Waals surface area contributed by atoms with Crippen molar-refractivity contribution in [3.05, 3.63) is 93.2 Å². The Morgan fingerprint density at radius 1 is 0.385 bits per heavy atom. The van der Waals surface area contributed by atoms with E-state index >= 15 is 0 Å². The molecular formula is C24H12O2. The van der Waals surface area contributed by atoms with Crippen molar-refractivity contribution < 1.29 is 0 Å². The van der Waals surface area contributed by atoms with Crippen molar-refractivity contribution in [1.29, 1.82) is 0 Å². The Balaban J connectivity index is 2.01. The molecule has 0 saturated heterocycles. The number of fused-ring (bicyclic) bond motifs is 9. The van der Waals surface area contributed by atoms with Crippen molar-refractivity contribution in [2.45, 2.75) is 0 Å². The summed E-state index contributed by atoms with van der Waals surface area (Å²) in [5.74, 6) is 0. The second-order valence-electron chi connectivity index (χ2n) is 6.82. The van der Waals surface area contributed by atoms with E-state index in [-0.39, 0.29) is 10.9 Å². The highest BCUT2D eigenvalue weighted by molar-refractivity contribution is 6.30. The van der Waals surface area contributed by atoms with Crippen LogP contribution in [0.4, 0.5) is 0 Å². The normalized spacial score (nSPS) is 12.2. The Morgan fingerprint density at radius 2 is 0.962 bits per heavy atom. The number of hydrogen-bond donors (Lipinski definition) is 0. The maximum absolute atomic E-state index is 13.2. The first kappa shape index (κ1) is 13.7. The second-order valence-corrected chi connectivity index (χ2v) is 6.82. The number of benzene rings is 4. The van der Waals surface area contributed by atoms with E-state index in [1.54, 1.807) is 0 Å². The minimum Gasteiger partial charge on any atom is -0.289 e. The summed E-state index contributed by atoms with van der Waals surface area (Å²) in [7, 11) is 0. The van der Waals surface area contributed by atoms with Crippen LogP contribution in [0.25, 0.3) is 53.9 Å². The SMILES string of the molecule is O=c1c2ccccc2c2ccc3c(c(=O)c4ccc5ccccc5c43)c12. The van der Waals surface area contributed by atoms with E-state index in [2.05, 4.69) is 0 Å². The second kappa shape index (κ2) is 4.55. The highest BCUT2D eigenvalue weighted by Gasteiger charge is 2.19. The summed E-state index contributed by atoms with van der Waals surface area (Å²) in [6.45, 7) is 0. The van der Waals surface area contributed by atoms with Crippen LogP contribution in [0.3, 0.4) is 0 Å². The topological polar surface area (TPSA) is 34.1 Å². The van der Waals surface area contributed by atoms with Gasteiger partial charge in [0, 0.05) is 26.9 Å². The summed E-state index contributed by atoms with van der Waals surface area (Å²) < 4.78 is 0. The highest BCUT2D eigenvalue weighted by atomic mass is 16.1. The third-order valence-corrected chi connectivity index (χ3v) is 5.56. The summed E-state index contributed by atoms with van der Waals surface area (Å²) >= 11 is 0. The predicted octanol–water partition coefficient (Wildman–Crippen LogP) is 5.05. The summed E-state index contributed by atoms with van der Waals surface area (Å²) in [5.41, 5.74) is -0.0864. The molecule has 2 nitrogen and oxygen atoms in total. The molecule has 0 spiro atoms. The molecule has 26 heavy (non-hydrogen) atoms. The Labute approximate surface area is 147 Å². The largest absolute Gasteiger partial charge is 0.289 e. The van der Waals surface area contributed by atoms with Crippen molar-refractivity contribution in [1.82, 2.24) is 0 Å². The zero-order valence-corrected chi connectivity index (χ0v) is 13.7. The smallest absolute Gasteiger partial charge is 0.195 e. The van der Waals surface area contributed by atoms with E-state index in [9.17, 15) is 9.59 Å². The minimum atomic E-state index is -0.0436. The molecule has 6 rings (SSSR count). The molecule has 6 aromatic rings. The molecule has 2 heteroatoms. The summed E-state index contributed by atoms with van der Waals surface area (Å²) in [6, 6.07) is 23.5. The van der Waals surface area contributed by atoms with Gasteiger partial charge in [0.15, 0.2) is 10.9 Å². The molecule has 0 aliphatic rings. The van der Waals surface area contributed by atoms with Crippen LogP contribution in [0, 0.1) is 0 Å². The maximum Gasteiger partial charge on any atom is 0.195 e. The zero-order chi connectivity index (χ0) is 17.4. The Kier molecular flexibility index (Phi) is 2.41. The van der Waals surface area contributed by atoms with Crippen molar-refractivity contribution in [2.75, 3.05) is 0 Å². The van der Waals surface area contributed by atoms with E-state index in [0.29, 0.717) is 21.5 Å². The van der Waals surface area contributed by atoms with Crippen LogP contribution in [-0.2, 0) is 0 Å². The molecule has 0 N–H and O–H groups in total. The van der Waals surface area contributed by atoms with Gasteiger partial charge in [-0.3, -0.25) is 9.59 Å². The lowest BCUT2D eigenvalue weighted by Gasteiger charge is -2.00.